The van der Waals surface area contributed by atoms with Gasteiger partial charge in [0.15, 0.2) is 0 Å². The molecule has 0 spiro atoms. The van der Waals surface area contributed by atoms with Crippen molar-refractivity contribution in [3.8, 4) is 0 Å². The maximum absolute atomic E-state index is 13.0. The van der Waals surface area contributed by atoms with Crippen molar-refractivity contribution in [3.63, 3.8) is 0 Å². The number of nitrogens with one attached hydrogen (secondary N) is 1. The number of urea groups is 1. The van der Waals surface area contributed by atoms with Crippen LogP contribution in [0.4, 0.5) is 4.79 Å². The Morgan fingerprint density at radius 2 is 1.88 bits per heavy atom. The SMILES string of the molecule is O=C(NC1CCCC1)N(Cc1ccc(Cl)cc1)S(=O)(=O)c1cccnc1. The molecule has 0 aliphatic heterocycles. The molecule has 0 bridgehead atoms. The van der Waals surface area contributed by atoms with Gasteiger partial charge in [-0.15, -0.1) is 0 Å². The summed E-state index contributed by atoms with van der Waals surface area (Å²) in [6, 6.07) is 9.10. The topological polar surface area (TPSA) is 79.4 Å². The van der Waals surface area contributed by atoms with Crippen molar-refractivity contribution in [1.82, 2.24) is 14.6 Å². The normalized spacial score (nSPS) is 15.0. The molecule has 138 valence electrons. The number of aromatic nitrogens is 1. The second-order valence-corrected chi connectivity index (χ2v) is 8.56. The van der Waals surface area contributed by atoms with Gasteiger partial charge in [-0.2, -0.15) is 0 Å². The van der Waals surface area contributed by atoms with Gasteiger partial charge in [0.05, 0.1) is 6.54 Å². The zero-order valence-corrected chi connectivity index (χ0v) is 15.7. The van der Waals surface area contributed by atoms with E-state index in [1.807, 2.05) is 0 Å². The minimum absolute atomic E-state index is 0.0133. The second-order valence-electron chi connectivity index (χ2n) is 6.26. The average Bonchev–Trinajstić information content (AvgIpc) is 3.14. The monoisotopic (exact) mass is 393 g/mol. The van der Waals surface area contributed by atoms with E-state index in [1.165, 1.54) is 24.5 Å². The number of pyridine rings is 1. The Hall–Kier alpha value is -2.12. The molecule has 1 heterocycles. The molecule has 1 N–H and O–H groups in total. The number of amides is 2. The summed E-state index contributed by atoms with van der Waals surface area (Å²) in [5.41, 5.74) is 0.670. The highest BCUT2D eigenvalue weighted by Crippen LogP contribution is 2.22. The van der Waals surface area contributed by atoms with Gasteiger partial charge in [0.25, 0.3) is 10.0 Å². The van der Waals surface area contributed by atoms with Crippen molar-refractivity contribution in [2.45, 2.75) is 43.2 Å². The van der Waals surface area contributed by atoms with Crippen LogP contribution in [-0.4, -0.2) is 29.8 Å². The van der Waals surface area contributed by atoms with Crippen molar-refractivity contribution >= 4 is 27.7 Å². The van der Waals surface area contributed by atoms with E-state index < -0.39 is 16.1 Å². The van der Waals surface area contributed by atoms with Crippen LogP contribution in [0.25, 0.3) is 0 Å². The van der Waals surface area contributed by atoms with Gasteiger partial charge in [0.2, 0.25) is 0 Å². The Labute approximate surface area is 158 Å². The summed E-state index contributed by atoms with van der Waals surface area (Å²) in [5, 5.41) is 3.39. The molecule has 8 heteroatoms. The molecule has 3 rings (SSSR count). The summed E-state index contributed by atoms with van der Waals surface area (Å²) in [4.78, 5) is 16.6. The fourth-order valence-electron chi connectivity index (χ4n) is 2.97. The third kappa shape index (κ3) is 4.34. The molecule has 1 aliphatic carbocycles. The predicted octanol–water partition coefficient (Wildman–Crippen LogP) is 3.58. The molecule has 1 fully saturated rings. The van der Waals surface area contributed by atoms with Crippen LogP contribution in [0.3, 0.4) is 0 Å². The smallest absolute Gasteiger partial charge is 0.331 e. The molecule has 2 aromatic rings. The fourth-order valence-corrected chi connectivity index (χ4v) is 4.38. The lowest BCUT2D eigenvalue weighted by Gasteiger charge is -2.25. The van der Waals surface area contributed by atoms with E-state index in [-0.39, 0.29) is 17.5 Å². The summed E-state index contributed by atoms with van der Waals surface area (Å²) in [6.07, 6.45) is 6.55. The van der Waals surface area contributed by atoms with Gasteiger partial charge >= 0.3 is 6.03 Å². The third-order valence-electron chi connectivity index (χ3n) is 4.37. The molecule has 1 aromatic carbocycles. The summed E-state index contributed by atoms with van der Waals surface area (Å²) >= 11 is 5.89. The Bertz CT molecular complexity index is 851. The second kappa shape index (κ2) is 8.05. The summed E-state index contributed by atoms with van der Waals surface area (Å²) < 4.78 is 26.9. The van der Waals surface area contributed by atoms with Crippen LogP contribution >= 0.6 is 11.6 Å². The summed E-state index contributed by atoms with van der Waals surface area (Å²) in [5.74, 6) is 0. The van der Waals surface area contributed by atoms with Gasteiger partial charge in [-0.05, 0) is 42.7 Å². The lowest BCUT2D eigenvalue weighted by Crippen LogP contribution is -2.46. The molecule has 0 saturated heterocycles. The number of sulfonamides is 1. The van der Waals surface area contributed by atoms with Gasteiger partial charge in [-0.25, -0.2) is 17.5 Å². The highest BCUT2D eigenvalue weighted by atomic mass is 35.5. The lowest BCUT2D eigenvalue weighted by atomic mass is 10.2. The quantitative estimate of drug-likeness (QED) is 0.841. The van der Waals surface area contributed by atoms with E-state index in [2.05, 4.69) is 10.3 Å². The van der Waals surface area contributed by atoms with Crippen LogP contribution in [0.15, 0.2) is 53.7 Å². The van der Waals surface area contributed by atoms with Crippen LogP contribution < -0.4 is 5.32 Å². The Morgan fingerprint density at radius 3 is 2.50 bits per heavy atom. The molecule has 6 nitrogen and oxygen atoms in total. The van der Waals surface area contributed by atoms with Crippen molar-refractivity contribution in [2.24, 2.45) is 0 Å². The zero-order valence-electron chi connectivity index (χ0n) is 14.1. The first kappa shape index (κ1) is 18.7. The number of halogens is 1. The molecule has 0 radical (unpaired) electrons. The maximum Gasteiger partial charge on any atom is 0.331 e. The van der Waals surface area contributed by atoms with Crippen LogP contribution in [0.5, 0.6) is 0 Å². The molecule has 0 unspecified atom stereocenters. The highest BCUT2D eigenvalue weighted by Gasteiger charge is 2.31. The molecular formula is C18H20ClN3O3S. The van der Waals surface area contributed by atoms with Crippen LogP contribution in [-0.2, 0) is 16.6 Å². The van der Waals surface area contributed by atoms with Crippen molar-refractivity contribution in [2.75, 3.05) is 0 Å². The fraction of sp³-hybridized carbons (Fsp3) is 0.333. The lowest BCUT2D eigenvalue weighted by molar-refractivity contribution is 0.217. The highest BCUT2D eigenvalue weighted by molar-refractivity contribution is 7.89. The average molecular weight is 394 g/mol. The van der Waals surface area contributed by atoms with Gasteiger partial charge in [-0.1, -0.05) is 36.6 Å². The number of carbonyl (C=O) groups excluding carboxylic acids is 1. The van der Waals surface area contributed by atoms with Crippen LogP contribution in [0, 0.1) is 0 Å². The zero-order chi connectivity index (χ0) is 18.6. The third-order valence-corrected chi connectivity index (χ3v) is 6.34. The number of hydrogen-bond donors (Lipinski definition) is 1. The molecule has 1 aromatic heterocycles. The molecule has 2 amide bonds. The number of hydrogen-bond acceptors (Lipinski definition) is 4. The summed E-state index contributed by atoms with van der Waals surface area (Å²) in [7, 11) is -4.02. The maximum atomic E-state index is 13.0. The van der Waals surface area contributed by atoms with E-state index in [1.54, 1.807) is 24.3 Å². The first-order valence-corrected chi connectivity index (χ1v) is 10.3. The van der Waals surface area contributed by atoms with E-state index >= 15 is 0 Å². The molecule has 0 atom stereocenters. The summed E-state index contributed by atoms with van der Waals surface area (Å²) in [6.45, 7) is -0.0764. The van der Waals surface area contributed by atoms with Gasteiger partial charge in [0, 0.05) is 23.5 Å². The number of carbonyl (C=O) groups is 1. The molecule has 1 aliphatic rings. The largest absolute Gasteiger partial charge is 0.334 e. The minimum atomic E-state index is -4.02. The van der Waals surface area contributed by atoms with E-state index in [0.717, 1.165) is 30.0 Å². The number of rotatable bonds is 5. The van der Waals surface area contributed by atoms with Crippen LogP contribution in [0.2, 0.25) is 5.02 Å². The number of benzene rings is 1. The van der Waals surface area contributed by atoms with Crippen LogP contribution in [0.1, 0.15) is 31.2 Å². The Kier molecular flexibility index (Phi) is 5.78. The van der Waals surface area contributed by atoms with E-state index in [0.29, 0.717) is 10.6 Å². The van der Waals surface area contributed by atoms with Crippen molar-refractivity contribution in [1.29, 1.82) is 0 Å². The molecular weight excluding hydrogens is 374 g/mol. The van der Waals surface area contributed by atoms with E-state index in [9.17, 15) is 13.2 Å². The minimum Gasteiger partial charge on any atom is -0.334 e. The Morgan fingerprint density at radius 1 is 1.19 bits per heavy atom. The van der Waals surface area contributed by atoms with Gasteiger partial charge in [0.1, 0.15) is 4.90 Å². The van der Waals surface area contributed by atoms with Crippen molar-refractivity contribution in [3.05, 3.63) is 59.4 Å². The standard InChI is InChI=1S/C18H20ClN3O3S/c19-15-9-7-14(8-10-15)13-22(18(23)21-16-4-1-2-5-16)26(24,25)17-6-3-11-20-12-17/h3,6-12,16H,1-2,4-5,13H2,(H,21,23). The predicted molar refractivity (Wildman–Crippen MR) is 99.2 cm³/mol. The first-order chi connectivity index (χ1) is 12.5. The van der Waals surface area contributed by atoms with E-state index in [4.69, 9.17) is 11.6 Å². The van der Waals surface area contributed by atoms with Gasteiger partial charge < -0.3 is 5.32 Å². The molecule has 1 saturated carbocycles. The molecule has 26 heavy (non-hydrogen) atoms. The Balaban J connectivity index is 1.89. The number of nitrogens with zero attached hydrogens (tertiary/aromatic N) is 2. The van der Waals surface area contributed by atoms with Gasteiger partial charge in [-0.3, -0.25) is 4.98 Å². The first-order valence-electron chi connectivity index (χ1n) is 8.44. The van der Waals surface area contributed by atoms with Crippen molar-refractivity contribution < 1.29 is 13.2 Å².